The number of aryl methyl sites for hydroxylation is 1. The van der Waals surface area contributed by atoms with Gasteiger partial charge in [-0.05, 0) is 37.3 Å². The zero-order chi connectivity index (χ0) is 8.39. The largest absolute Gasteiger partial charge is 0.267 e. The molecular weight excluding hydrogens is 168 g/mol. The summed E-state index contributed by atoms with van der Waals surface area (Å²) >= 11 is 2.06. The van der Waals surface area contributed by atoms with E-state index in [2.05, 4.69) is 34.5 Å². The van der Waals surface area contributed by atoms with Crippen LogP contribution in [0.3, 0.4) is 0 Å². The van der Waals surface area contributed by atoms with E-state index in [0.717, 1.165) is 0 Å². The van der Waals surface area contributed by atoms with Crippen molar-refractivity contribution in [3.8, 4) is 0 Å². The number of thioether (sulfide) groups is 1. The number of hydrogen-bond acceptors (Lipinski definition) is 2. The highest BCUT2D eigenvalue weighted by Gasteiger charge is 2.16. The van der Waals surface area contributed by atoms with Crippen LogP contribution in [-0.2, 0) is 0 Å². The van der Waals surface area contributed by atoms with E-state index in [1.807, 2.05) is 6.20 Å². The molecule has 1 aliphatic rings. The molecule has 1 aromatic rings. The van der Waals surface area contributed by atoms with E-state index in [-0.39, 0.29) is 0 Å². The van der Waals surface area contributed by atoms with Crippen LogP contribution in [0.1, 0.15) is 24.6 Å². The monoisotopic (exact) mass is 182 g/mol. The molecule has 0 saturated carbocycles. The third kappa shape index (κ3) is 1.51. The number of nitrogens with zero attached hydrogens (tertiary/aromatic N) is 2. The van der Waals surface area contributed by atoms with E-state index < -0.39 is 0 Å². The molecule has 0 spiro atoms. The molecule has 66 valence electrons. The molecule has 3 heteroatoms. The van der Waals surface area contributed by atoms with Gasteiger partial charge in [-0.15, -0.1) is 0 Å². The number of hydrogen-bond donors (Lipinski definition) is 0. The lowest BCUT2D eigenvalue weighted by molar-refractivity contribution is 0.418. The van der Waals surface area contributed by atoms with Crippen LogP contribution in [0, 0.1) is 6.92 Å². The minimum Gasteiger partial charge on any atom is -0.267 e. The van der Waals surface area contributed by atoms with Crippen LogP contribution in [0.15, 0.2) is 12.3 Å². The molecule has 0 radical (unpaired) electrons. The number of aromatic nitrogens is 2. The predicted octanol–water partition coefficient (Wildman–Crippen LogP) is 2.26. The van der Waals surface area contributed by atoms with Gasteiger partial charge in [0.2, 0.25) is 0 Å². The van der Waals surface area contributed by atoms with Crippen molar-refractivity contribution in [1.82, 2.24) is 9.78 Å². The van der Waals surface area contributed by atoms with Crippen LogP contribution in [-0.4, -0.2) is 21.3 Å². The fourth-order valence-corrected chi connectivity index (χ4v) is 2.77. The van der Waals surface area contributed by atoms with Crippen LogP contribution in [0.2, 0.25) is 0 Å². The molecule has 2 heterocycles. The maximum absolute atomic E-state index is 4.35. The van der Waals surface area contributed by atoms with Crippen molar-refractivity contribution in [2.75, 3.05) is 11.5 Å². The van der Waals surface area contributed by atoms with E-state index in [1.54, 1.807) is 0 Å². The standard InChI is InChI=1S/C9H14N2S/c1-8-2-5-10-11(8)9-3-6-12-7-4-9/h2,5,9H,3-4,6-7H2,1H3. The first-order valence-corrected chi connectivity index (χ1v) is 5.61. The van der Waals surface area contributed by atoms with E-state index in [9.17, 15) is 0 Å². The summed E-state index contributed by atoms with van der Waals surface area (Å²) in [7, 11) is 0. The summed E-state index contributed by atoms with van der Waals surface area (Å²) in [6.07, 6.45) is 4.47. The van der Waals surface area contributed by atoms with Crippen molar-refractivity contribution in [3.63, 3.8) is 0 Å². The highest BCUT2D eigenvalue weighted by atomic mass is 32.2. The smallest absolute Gasteiger partial charge is 0.0538 e. The van der Waals surface area contributed by atoms with E-state index in [4.69, 9.17) is 0 Å². The summed E-state index contributed by atoms with van der Waals surface area (Å²) in [4.78, 5) is 0. The van der Waals surface area contributed by atoms with Crippen LogP contribution < -0.4 is 0 Å². The molecule has 0 N–H and O–H groups in total. The summed E-state index contributed by atoms with van der Waals surface area (Å²) < 4.78 is 2.18. The Morgan fingerprint density at radius 3 is 2.83 bits per heavy atom. The third-order valence-corrected chi connectivity index (χ3v) is 3.45. The van der Waals surface area contributed by atoms with Crippen molar-refractivity contribution in [2.24, 2.45) is 0 Å². The van der Waals surface area contributed by atoms with Crippen LogP contribution in [0.25, 0.3) is 0 Å². The van der Waals surface area contributed by atoms with Gasteiger partial charge in [-0.25, -0.2) is 0 Å². The van der Waals surface area contributed by atoms with E-state index in [1.165, 1.54) is 30.0 Å². The first-order valence-electron chi connectivity index (χ1n) is 4.46. The maximum atomic E-state index is 4.35. The van der Waals surface area contributed by atoms with Gasteiger partial charge in [0.05, 0.1) is 6.04 Å². The fraction of sp³-hybridized carbons (Fsp3) is 0.667. The summed E-state index contributed by atoms with van der Waals surface area (Å²) in [5.41, 5.74) is 1.30. The normalized spacial score (nSPS) is 19.8. The van der Waals surface area contributed by atoms with E-state index in [0.29, 0.717) is 6.04 Å². The first-order chi connectivity index (χ1) is 5.88. The molecule has 12 heavy (non-hydrogen) atoms. The molecule has 0 aromatic carbocycles. The van der Waals surface area contributed by atoms with Crippen LogP contribution in [0.4, 0.5) is 0 Å². The molecule has 2 nitrogen and oxygen atoms in total. The van der Waals surface area contributed by atoms with Crippen molar-refractivity contribution in [1.29, 1.82) is 0 Å². The third-order valence-electron chi connectivity index (χ3n) is 2.40. The maximum Gasteiger partial charge on any atom is 0.0538 e. The summed E-state index contributed by atoms with van der Waals surface area (Å²) in [5.74, 6) is 2.59. The van der Waals surface area contributed by atoms with Gasteiger partial charge in [-0.2, -0.15) is 16.9 Å². The Morgan fingerprint density at radius 2 is 2.25 bits per heavy atom. The molecule has 0 bridgehead atoms. The van der Waals surface area contributed by atoms with Gasteiger partial charge in [0.1, 0.15) is 0 Å². The molecular formula is C9H14N2S. The van der Waals surface area contributed by atoms with Gasteiger partial charge < -0.3 is 0 Å². The minimum absolute atomic E-state index is 0.668. The molecule has 0 atom stereocenters. The lowest BCUT2D eigenvalue weighted by Crippen LogP contribution is -2.17. The quantitative estimate of drug-likeness (QED) is 0.663. The Hall–Kier alpha value is -0.440. The number of rotatable bonds is 1. The average Bonchev–Trinajstić information content (AvgIpc) is 2.53. The van der Waals surface area contributed by atoms with Crippen molar-refractivity contribution in [2.45, 2.75) is 25.8 Å². The lowest BCUT2D eigenvalue weighted by Gasteiger charge is -2.22. The Balaban J connectivity index is 2.13. The summed E-state index contributed by atoms with van der Waals surface area (Å²) in [6, 6.07) is 2.75. The Kier molecular flexibility index (Phi) is 2.40. The molecule has 1 saturated heterocycles. The molecule has 0 unspecified atom stereocenters. The second-order valence-corrected chi connectivity index (χ2v) is 4.49. The van der Waals surface area contributed by atoms with Crippen molar-refractivity contribution >= 4 is 11.8 Å². The highest BCUT2D eigenvalue weighted by Crippen LogP contribution is 2.26. The second-order valence-electron chi connectivity index (χ2n) is 3.26. The van der Waals surface area contributed by atoms with Crippen LogP contribution in [0.5, 0.6) is 0 Å². The molecule has 0 aliphatic carbocycles. The molecule has 1 aliphatic heterocycles. The lowest BCUT2D eigenvalue weighted by atomic mass is 10.1. The van der Waals surface area contributed by atoms with Gasteiger partial charge in [0.15, 0.2) is 0 Å². The Bertz CT molecular complexity index is 251. The summed E-state index contributed by atoms with van der Waals surface area (Å²) in [6.45, 7) is 2.13. The molecule has 1 fully saturated rings. The highest BCUT2D eigenvalue weighted by molar-refractivity contribution is 7.99. The molecule has 1 aromatic heterocycles. The summed E-state index contributed by atoms with van der Waals surface area (Å²) in [5, 5.41) is 4.35. The van der Waals surface area contributed by atoms with Crippen molar-refractivity contribution < 1.29 is 0 Å². The van der Waals surface area contributed by atoms with E-state index >= 15 is 0 Å². The van der Waals surface area contributed by atoms with Crippen LogP contribution >= 0.6 is 11.8 Å². The van der Waals surface area contributed by atoms with Gasteiger partial charge >= 0.3 is 0 Å². The average molecular weight is 182 g/mol. The van der Waals surface area contributed by atoms with Gasteiger partial charge in [0, 0.05) is 11.9 Å². The second kappa shape index (κ2) is 3.52. The zero-order valence-corrected chi connectivity index (χ0v) is 8.18. The topological polar surface area (TPSA) is 17.8 Å². The molecule has 0 amide bonds. The Labute approximate surface area is 77.3 Å². The van der Waals surface area contributed by atoms with Gasteiger partial charge in [-0.1, -0.05) is 0 Å². The predicted molar refractivity (Wildman–Crippen MR) is 52.6 cm³/mol. The van der Waals surface area contributed by atoms with Gasteiger partial charge in [-0.3, -0.25) is 4.68 Å². The Morgan fingerprint density at radius 1 is 1.50 bits per heavy atom. The molecule has 2 rings (SSSR count). The SMILES string of the molecule is Cc1ccnn1C1CCSCC1. The van der Waals surface area contributed by atoms with Crippen molar-refractivity contribution in [3.05, 3.63) is 18.0 Å². The zero-order valence-electron chi connectivity index (χ0n) is 7.36. The van der Waals surface area contributed by atoms with Gasteiger partial charge in [0.25, 0.3) is 0 Å². The fourth-order valence-electron chi connectivity index (χ4n) is 1.69. The minimum atomic E-state index is 0.668. The first kappa shape index (κ1) is 8.17.